The van der Waals surface area contributed by atoms with E-state index < -0.39 is 15.8 Å². The molecule has 7 heteroatoms. The second-order valence-electron chi connectivity index (χ2n) is 5.23. The fourth-order valence-electron chi connectivity index (χ4n) is 2.07. The first kappa shape index (κ1) is 19.2. The average molecular weight is 341 g/mol. The van der Waals surface area contributed by atoms with Crippen LogP contribution in [0.25, 0.3) is 0 Å². The Balaban J connectivity index is 2.86. The molecule has 0 saturated heterocycles. The molecule has 6 nitrogen and oxygen atoms in total. The molecule has 1 N–H and O–H groups in total. The van der Waals surface area contributed by atoms with Gasteiger partial charge in [-0.15, -0.1) is 0 Å². The largest absolute Gasteiger partial charge is 0.481 e. The van der Waals surface area contributed by atoms with Crippen LogP contribution in [0.15, 0.2) is 29.2 Å². The fraction of sp³-hybridized carbons (Fsp3) is 0.500. The van der Waals surface area contributed by atoms with Crippen molar-refractivity contribution in [1.29, 1.82) is 0 Å². The molecule has 0 heterocycles. The van der Waals surface area contributed by atoms with Crippen LogP contribution in [0.3, 0.4) is 0 Å². The van der Waals surface area contributed by atoms with E-state index in [4.69, 9.17) is 5.11 Å². The third kappa shape index (κ3) is 5.67. The summed E-state index contributed by atoms with van der Waals surface area (Å²) < 4.78 is 24.2. The summed E-state index contributed by atoms with van der Waals surface area (Å²) >= 11 is 0. The molecule has 1 amide bonds. The van der Waals surface area contributed by atoms with Gasteiger partial charge in [-0.3, -0.25) is 9.59 Å². The van der Waals surface area contributed by atoms with Gasteiger partial charge in [0.25, 0.3) is 5.91 Å². The molecule has 128 valence electrons. The van der Waals surface area contributed by atoms with E-state index in [1.54, 1.807) is 6.92 Å². The standard InChI is InChI=1S/C16H23NO5S/c1-3-5-12-23(21,22)14-8-6-13(7-9-14)16(20)17(4-2)11-10-15(18)19/h6-9H,3-5,10-12H2,1-2H3,(H,18,19). The van der Waals surface area contributed by atoms with Gasteiger partial charge < -0.3 is 10.0 Å². The van der Waals surface area contributed by atoms with E-state index in [-0.39, 0.29) is 29.5 Å². The normalized spacial score (nSPS) is 11.2. The summed E-state index contributed by atoms with van der Waals surface area (Å²) in [7, 11) is -3.31. The smallest absolute Gasteiger partial charge is 0.305 e. The lowest BCUT2D eigenvalue weighted by Crippen LogP contribution is -2.32. The van der Waals surface area contributed by atoms with E-state index in [0.29, 0.717) is 18.5 Å². The topological polar surface area (TPSA) is 91.8 Å². The highest BCUT2D eigenvalue weighted by atomic mass is 32.2. The van der Waals surface area contributed by atoms with Crippen molar-refractivity contribution in [1.82, 2.24) is 4.90 Å². The van der Waals surface area contributed by atoms with E-state index in [1.807, 2.05) is 6.92 Å². The van der Waals surface area contributed by atoms with Crippen molar-refractivity contribution in [2.45, 2.75) is 38.0 Å². The van der Waals surface area contributed by atoms with Gasteiger partial charge in [-0.2, -0.15) is 0 Å². The van der Waals surface area contributed by atoms with E-state index >= 15 is 0 Å². The van der Waals surface area contributed by atoms with Crippen molar-refractivity contribution in [2.24, 2.45) is 0 Å². The molecule has 23 heavy (non-hydrogen) atoms. The molecule has 1 rings (SSSR count). The fourth-order valence-corrected chi connectivity index (χ4v) is 3.53. The van der Waals surface area contributed by atoms with Crippen molar-refractivity contribution in [3.63, 3.8) is 0 Å². The molecule has 0 fully saturated rings. The minimum Gasteiger partial charge on any atom is -0.481 e. The Labute approximate surface area is 137 Å². The summed E-state index contributed by atoms with van der Waals surface area (Å²) in [5.74, 6) is -1.17. The average Bonchev–Trinajstić information content (AvgIpc) is 2.53. The number of rotatable bonds is 9. The Hall–Kier alpha value is -1.89. The van der Waals surface area contributed by atoms with Crippen molar-refractivity contribution in [3.05, 3.63) is 29.8 Å². The molecule has 0 aliphatic heterocycles. The van der Waals surface area contributed by atoms with Crippen LogP contribution >= 0.6 is 0 Å². The van der Waals surface area contributed by atoms with Crippen LogP contribution in [0.4, 0.5) is 0 Å². The maximum atomic E-state index is 12.3. The maximum Gasteiger partial charge on any atom is 0.305 e. The quantitative estimate of drug-likeness (QED) is 0.743. The second kappa shape index (κ2) is 8.67. The van der Waals surface area contributed by atoms with Crippen LogP contribution in [0.1, 0.15) is 43.5 Å². The minimum atomic E-state index is -3.31. The Kier molecular flexibility index (Phi) is 7.22. The van der Waals surface area contributed by atoms with Crippen molar-refractivity contribution in [2.75, 3.05) is 18.8 Å². The highest BCUT2D eigenvalue weighted by Crippen LogP contribution is 2.15. The molecule has 0 saturated carbocycles. The number of unbranched alkanes of at least 4 members (excludes halogenated alkanes) is 1. The van der Waals surface area contributed by atoms with E-state index in [0.717, 1.165) is 6.42 Å². The zero-order valence-electron chi connectivity index (χ0n) is 13.5. The summed E-state index contributed by atoms with van der Waals surface area (Å²) in [6, 6.07) is 5.82. The summed E-state index contributed by atoms with van der Waals surface area (Å²) in [6.45, 7) is 4.21. The Morgan fingerprint density at radius 3 is 2.22 bits per heavy atom. The summed E-state index contributed by atoms with van der Waals surface area (Å²) in [4.78, 5) is 24.6. The zero-order valence-corrected chi connectivity index (χ0v) is 14.3. The number of carbonyl (C=O) groups is 2. The number of benzene rings is 1. The number of hydrogen-bond donors (Lipinski definition) is 1. The Morgan fingerprint density at radius 1 is 1.13 bits per heavy atom. The number of carboxylic acid groups (broad SMARTS) is 1. The van der Waals surface area contributed by atoms with Crippen molar-refractivity contribution < 1.29 is 23.1 Å². The number of sulfone groups is 1. The first-order valence-electron chi connectivity index (χ1n) is 7.65. The van der Waals surface area contributed by atoms with Gasteiger partial charge in [0, 0.05) is 18.7 Å². The van der Waals surface area contributed by atoms with Gasteiger partial charge in [-0.05, 0) is 37.6 Å². The lowest BCUT2D eigenvalue weighted by atomic mass is 10.2. The summed E-state index contributed by atoms with van der Waals surface area (Å²) in [5, 5.41) is 8.70. The van der Waals surface area contributed by atoms with E-state index in [2.05, 4.69) is 0 Å². The van der Waals surface area contributed by atoms with Crippen LogP contribution in [0, 0.1) is 0 Å². The van der Waals surface area contributed by atoms with Crippen molar-refractivity contribution in [3.8, 4) is 0 Å². The number of hydrogen-bond acceptors (Lipinski definition) is 4. The lowest BCUT2D eigenvalue weighted by Gasteiger charge is -2.20. The van der Waals surface area contributed by atoms with Crippen LogP contribution in [0.5, 0.6) is 0 Å². The van der Waals surface area contributed by atoms with Crippen molar-refractivity contribution >= 4 is 21.7 Å². The van der Waals surface area contributed by atoms with Gasteiger partial charge in [-0.25, -0.2) is 8.42 Å². The molecule has 0 spiro atoms. The van der Waals surface area contributed by atoms with E-state index in [9.17, 15) is 18.0 Å². The van der Waals surface area contributed by atoms with Crippen LogP contribution in [0.2, 0.25) is 0 Å². The predicted octanol–water partition coefficient (Wildman–Crippen LogP) is 2.20. The molecule has 0 bridgehead atoms. The number of nitrogens with zero attached hydrogens (tertiary/aromatic N) is 1. The molecule has 0 aromatic heterocycles. The number of amides is 1. The number of aliphatic carboxylic acids is 1. The van der Waals surface area contributed by atoms with Crippen LogP contribution < -0.4 is 0 Å². The predicted molar refractivity (Wildman–Crippen MR) is 87.2 cm³/mol. The highest BCUT2D eigenvalue weighted by Gasteiger charge is 2.18. The highest BCUT2D eigenvalue weighted by molar-refractivity contribution is 7.91. The first-order valence-corrected chi connectivity index (χ1v) is 9.31. The van der Waals surface area contributed by atoms with Gasteiger partial charge in [0.1, 0.15) is 0 Å². The SMILES string of the molecule is CCCCS(=O)(=O)c1ccc(C(=O)N(CC)CCC(=O)O)cc1. The monoisotopic (exact) mass is 341 g/mol. The molecule has 0 unspecified atom stereocenters. The molecular formula is C16H23NO5S. The van der Waals surface area contributed by atoms with Gasteiger partial charge >= 0.3 is 5.97 Å². The number of carboxylic acids is 1. The third-order valence-electron chi connectivity index (χ3n) is 3.49. The Bertz CT molecular complexity index is 637. The van der Waals surface area contributed by atoms with Crippen LogP contribution in [-0.2, 0) is 14.6 Å². The second-order valence-corrected chi connectivity index (χ2v) is 7.33. The van der Waals surface area contributed by atoms with Crippen LogP contribution in [-0.4, -0.2) is 49.1 Å². The van der Waals surface area contributed by atoms with Gasteiger partial charge in [-0.1, -0.05) is 13.3 Å². The molecule has 1 aromatic carbocycles. The summed E-state index contributed by atoms with van der Waals surface area (Å²) in [6.07, 6.45) is 1.27. The molecule has 0 radical (unpaired) electrons. The summed E-state index contributed by atoms with van der Waals surface area (Å²) in [5.41, 5.74) is 0.353. The third-order valence-corrected chi connectivity index (χ3v) is 5.31. The van der Waals surface area contributed by atoms with Gasteiger partial charge in [0.05, 0.1) is 17.1 Å². The zero-order chi connectivity index (χ0) is 17.5. The Morgan fingerprint density at radius 2 is 1.74 bits per heavy atom. The molecule has 0 atom stereocenters. The minimum absolute atomic E-state index is 0.0937. The molecule has 1 aromatic rings. The molecular weight excluding hydrogens is 318 g/mol. The molecule has 0 aliphatic carbocycles. The van der Waals surface area contributed by atoms with E-state index in [1.165, 1.54) is 29.2 Å². The molecule has 0 aliphatic rings. The maximum absolute atomic E-state index is 12.3. The number of carbonyl (C=O) groups excluding carboxylic acids is 1. The van der Waals surface area contributed by atoms with Gasteiger partial charge in [0.15, 0.2) is 9.84 Å². The lowest BCUT2D eigenvalue weighted by molar-refractivity contribution is -0.137. The van der Waals surface area contributed by atoms with Gasteiger partial charge in [0.2, 0.25) is 0 Å². The first-order chi connectivity index (χ1) is 10.8.